The summed E-state index contributed by atoms with van der Waals surface area (Å²) in [5.74, 6) is 0. The highest BCUT2D eigenvalue weighted by Gasteiger charge is 1.99. The average Bonchev–Trinajstić information content (AvgIpc) is 2.46. The van der Waals surface area contributed by atoms with Crippen LogP contribution >= 0.6 is 11.5 Å². The van der Waals surface area contributed by atoms with Gasteiger partial charge < -0.3 is 5.73 Å². The Bertz CT molecular complexity index is 288. The first-order chi connectivity index (χ1) is 5.84. The first kappa shape index (κ1) is 8.93. The van der Waals surface area contributed by atoms with Crippen LogP contribution in [0.3, 0.4) is 0 Å². The summed E-state index contributed by atoms with van der Waals surface area (Å²) in [5, 5.41) is 4.59. The van der Waals surface area contributed by atoms with Crippen molar-refractivity contribution in [1.82, 2.24) is 9.59 Å². The van der Waals surface area contributed by atoms with Gasteiger partial charge in [-0.1, -0.05) is 28.8 Å². The summed E-state index contributed by atoms with van der Waals surface area (Å²) in [6, 6.07) is 0. The third kappa shape index (κ3) is 2.47. The van der Waals surface area contributed by atoms with Gasteiger partial charge in [-0.15, -0.1) is 5.10 Å². The lowest BCUT2D eigenvalue weighted by Gasteiger charge is -1.87. The highest BCUT2D eigenvalue weighted by atomic mass is 32.1. The maximum atomic E-state index is 5.60. The Morgan fingerprint density at radius 2 is 2.33 bits per heavy atom. The zero-order valence-electron chi connectivity index (χ0n) is 6.90. The van der Waals surface area contributed by atoms with E-state index in [1.165, 1.54) is 11.5 Å². The quantitative estimate of drug-likeness (QED) is 0.723. The fourth-order valence-corrected chi connectivity index (χ4v) is 1.18. The number of nitrogens with zero attached hydrogens (tertiary/aromatic N) is 2. The molecule has 2 N–H and O–H groups in total. The summed E-state index contributed by atoms with van der Waals surface area (Å²) in [6.07, 6.45) is 8.67. The van der Waals surface area contributed by atoms with E-state index in [1.54, 1.807) is 0 Å². The van der Waals surface area contributed by atoms with Crippen LogP contribution in [-0.4, -0.2) is 9.59 Å². The monoisotopic (exact) mass is 181 g/mol. The fourth-order valence-electron chi connectivity index (χ4n) is 0.726. The average molecular weight is 181 g/mol. The minimum Gasteiger partial charge on any atom is -0.388 e. The van der Waals surface area contributed by atoms with Crippen LogP contribution in [0.2, 0.25) is 0 Å². The van der Waals surface area contributed by atoms with E-state index < -0.39 is 0 Å². The van der Waals surface area contributed by atoms with E-state index in [-0.39, 0.29) is 0 Å². The highest BCUT2D eigenvalue weighted by molar-refractivity contribution is 7.09. The van der Waals surface area contributed by atoms with Crippen LogP contribution in [0.1, 0.15) is 12.6 Å². The SMILES string of the molecule is C/C=C\C=C/Cc1nnsc1N. The summed E-state index contributed by atoms with van der Waals surface area (Å²) in [5.41, 5.74) is 6.46. The molecule has 1 aromatic heterocycles. The molecule has 0 aliphatic rings. The second-order valence-electron chi connectivity index (χ2n) is 2.24. The van der Waals surface area contributed by atoms with Gasteiger partial charge in [-0.05, 0) is 6.92 Å². The summed E-state index contributed by atoms with van der Waals surface area (Å²) < 4.78 is 3.74. The molecule has 0 bridgehead atoms. The number of rotatable bonds is 3. The van der Waals surface area contributed by atoms with Crippen molar-refractivity contribution in [1.29, 1.82) is 0 Å². The number of allylic oxidation sites excluding steroid dienone is 4. The third-order valence-electron chi connectivity index (χ3n) is 1.34. The predicted molar refractivity (Wildman–Crippen MR) is 52.0 cm³/mol. The Balaban J connectivity index is 2.48. The summed E-state index contributed by atoms with van der Waals surface area (Å²) in [7, 11) is 0. The molecule has 12 heavy (non-hydrogen) atoms. The zero-order chi connectivity index (χ0) is 8.81. The van der Waals surface area contributed by atoms with E-state index in [4.69, 9.17) is 5.73 Å². The third-order valence-corrected chi connectivity index (χ3v) is 1.93. The molecule has 1 aromatic rings. The van der Waals surface area contributed by atoms with Crippen molar-refractivity contribution in [2.45, 2.75) is 13.3 Å². The molecule has 3 nitrogen and oxygen atoms in total. The van der Waals surface area contributed by atoms with E-state index in [0.29, 0.717) is 5.00 Å². The molecule has 1 heterocycles. The fraction of sp³-hybridized carbons (Fsp3) is 0.250. The summed E-state index contributed by atoms with van der Waals surface area (Å²) >= 11 is 1.23. The summed E-state index contributed by atoms with van der Waals surface area (Å²) in [6.45, 7) is 1.98. The predicted octanol–water partition coefficient (Wildman–Crippen LogP) is 1.80. The van der Waals surface area contributed by atoms with Crippen LogP contribution in [0.25, 0.3) is 0 Å². The molecule has 0 saturated carbocycles. The molecular weight excluding hydrogens is 170 g/mol. The molecule has 0 amide bonds. The van der Waals surface area contributed by atoms with Crippen LogP contribution in [-0.2, 0) is 6.42 Å². The van der Waals surface area contributed by atoms with Crippen LogP contribution in [0.15, 0.2) is 24.3 Å². The van der Waals surface area contributed by atoms with E-state index >= 15 is 0 Å². The smallest absolute Gasteiger partial charge is 0.131 e. The minimum atomic E-state index is 0.708. The minimum absolute atomic E-state index is 0.708. The van der Waals surface area contributed by atoms with Gasteiger partial charge in [0.1, 0.15) is 10.7 Å². The van der Waals surface area contributed by atoms with E-state index in [9.17, 15) is 0 Å². The Hall–Kier alpha value is -1.16. The molecule has 0 saturated heterocycles. The number of hydrogen-bond donors (Lipinski definition) is 1. The molecule has 0 aliphatic heterocycles. The normalized spacial score (nSPS) is 11.8. The van der Waals surface area contributed by atoms with Gasteiger partial charge in [0.2, 0.25) is 0 Å². The topological polar surface area (TPSA) is 51.8 Å². The molecule has 64 valence electrons. The van der Waals surface area contributed by atoms with Gasteiger partial charge in [0.15, 0.2) is 0 Å². The lowest BCUT2D eigenvalue weighted by Crippen LogP contribution is -1.88. The van der Waals surface area contributed by atoms with Gasteiger partial charge in [-0.2, -0.15) is 0 Å². The van der Waals surface area contributed by atoms with Crippen LogP contribution < -0.4 is 5.73 Å². The molecule has 0 aromatic carbocycles. The first-order valence-corrected chi connectivity index (χ1v) is 4.46. The molecule has 0 fully saturated rings. The standard InChI is InChI=1S/C8H11N3S/c1-2-3-4-5-6-7-8(9)12-11-10-7/h2-5H,6,9H2,1H3/b3-2-,5-4-. The van der Waals surface area contributed by atoms with Gasteiger partial charge in [-0.3, -0.25) is 0 Å². The Labute approximate surface area is 75.8 Å². The molecule has 1 rings (SSSR count). The second kappa shape index (κ2) is 4.66. The first-order valence-electron chi connectivity index (χ1n) is 3.69. The molecular formula is C8H11N3S. The van der Waals surface area contributed by atoms with Crippen LogP contribution in [0.4, 0.5) is 5.00 Å². The van der Waals surface area contributed by atoms with Crippen molar-refractivity contribution in [3.8, 4) is 0 Å². The molecule has 0 radical (unpaired) electrons. The zero-order valence-corrected chi connectivity index (χ0v) is 7.71. The number of nitrogen functional groups attached to an aromatic ring is 1. The van der Waals surface area contributed by atoms with Crippen molar-refractivity contribution in [2.75, 3.05) is 5.73 Å². The largest absolute Gasteiger partial charge is 0.388 e. The van der Waals surface area contributed by atoms with Crippen LogP contribution in [0.5, 0.6) is 0 Å². The molecule has 0 atom stereocenters. The van der Waals surface area contributed by atoms with Crippen molar-refractivity contribution >= 4 is 16.5 Å². The maximum Gasteiger partial charge on any atom is 0.131 e. The molecule has 0 unspecified atom stereocenters. The van der Waals surface area contributed by atoms with E-state index in [2.05, 4.69) is 9.59 Å². The van der Waals surface area contributed by atoms with Gasteiger partial charge in [0.05, 0.1) is 0 Å². The van der Waals surface area contributed by atoms with Crippen LogP contribution in [0, 0.1) is 0 Å². The van der Waals surface area contributed by atoms with E-state index in [1.807, 2.05) is 31.2 Å². The second-order valence-corrected chi connectivity index (χ2v) is 3.03. The lowest BCUT2D eigenvalue weighted by molar-refractivity contribution is 1.04. The van der Waals surface area contributed by atoms with Gasteiger partial charge >= 0.3 is 0 Å². The highest BCUT2D eigenvalue weighted by Crippen LogP contribution is 2.12. The Kier molecular flexibility index (Phi) is 3.47. The number of hydrogen-bond acceptors (Lipinski definition) is 4. The maximum absolute atomic E-state index is 5.60. The van der Waals surface area contributed by atoms with Crippen molar-refractivity contribution in [3.05, 3.63) is 30.0 Å². The number of nitrogens with two attached hydrogens (primary N) is 1. The molecule has 0 spiro atoms. The van der Waals surface area contributed by atoms with Gasteiger partial charge in [-0.25, -0.2) is 0 Å². The summed E-state index contributed by atoms with van der Waals surface area (Å²) in [4.78, 5) is 0. The van der Waals surface area contributed by atoms with Crippen molar-refractivity contribution in [3.63, 3.8) is 0 Å². The Morgan fingerprint density at radius 1 is 1.50 bits per heavy atom. The number of aromatic nitrogens is 2. The van der Waals surface area contributed by atoms with Gasteiger partial charge in [0, 0.05) is 18.0 Å². The lowest BCUT2D eigenvalue weighted by atomic mass is 10.3. The Morgan fingerprint density at radius 3 is 2.92 bits per heavy atom. The van der Waals surface area contributed by atoms with Crippen molar-refractivity contribution in [2.24, 2.45) is 0 Å². The molecule has 4 heteroatoms. The van der Waals surface area contributed by atoms with Gasteiger partial charge in [0.25, 0.3) is 0 Å². The van der Waals surface area contributed by atoms with E-state index in [0.717, 1.165) is 12.1 Å². The van der Waals surface area contributed by atoms with Crippen molar-refractivity contribution < 1.29 is 0 Å². The molecule has 0 aliphatic carbocycles. The number of anilines is 1.